The average Bonchev–Trinajstić information content (AvgIpc) is 2.26. The van der Waals surface area contributed by atoms with Gasteiger partial charge in [0.2, 0.25) is 0 Å². The van der Waals surface area contributed by atoms with Crippen LogP contribution in [0.25, 0.3) is 0 Å². The molecule has 1 atom stereocenters. The van der Waals surface area contributed by atoms with Crippen LogP contribution in [-0.2, 0) is 4.65 Å². The number of alkyl halides is 1. The van der Waals surface area contributed by atoms with Gasteiger partial charge in [0.05, 0.1) is 0 Å². The van der Waals surface area contributed by atoms with Crippen LogP contribution in [0.4, 0.5) is 4.39 Å². The van der Waals surface area contributed by atoms with E-state index in [0.717, 1.165) is 11.9 Å². The first-order valence-electron chi connectivity index (χ1n) is 5.47. The molecule has 3 heteroatoms. The number of hydrogen-bond donors (Lipinski definition) is 0. The molecule has 0 aliphatic rings. The van der Waals surface area contributed by atoms with E-state index in [1.165, 1.54) is 0 Å². The first-order chi connectivity index (χ1) is 7.33. The van der Waals surface area contributed by atoms with Gasteiger partial charge in [-0.1, -0.05) is 49.1 Å². The van der Waals surface area contributed by atoms with Crippen molar-refractivity contribution < 1.29 is 9.04 Å². The highest BCUT2D eigenvalue weighted by Crippen LogP contribution is 2.05. The molecule has 0 spiro atoms. The molecule has 0 aliphatic heterocycles. The smallest absolute Gasteiger partial charge is 0.329 e. The molecule has 1 aromatic rings. The first kappa shape index (κ1) is 12.2. The maximum Gasteiger partial charge on any atom is 0.329 e. The maximum atomic E-state index is 13.0. The predicted octanol–water partition coefficient (Wildman–Crippen LogP) is 2.48. The Morgan fingerprint density at radius 1 is 1.27 bits per heavy atom. The Kier molecular flexibility index (Phi) is 6.09. The van der Waals surface area contributed by atoms with Crippen LogP contribution in [0.3, 0.4) is 0 Å². The summed E-state index contributed by atoms with van der Waals surface area (Å²) in [6.45, 7) is 2.44. The SMILES string of the molecule is CCCC(F)CCO[B]c1ccccc1. The molecule has 1 radical (unpaired) electrons. The lowest BCUT2D eigenvalue weighted by atomic mass is 9.88. The fourth-order valence-electron chi connectivity index (χ4n) is 1.34. The van der Waals surface area contributed by atoms with Gasteiger partial charge < -0.3 is 4.65 Å². The minimum atomic E-state index is -0.723. The van der Waals surface area contributed by atoms with Crippen LogP contribution < -0.4 is 5.46 Å². The minimum Gasteiger partial charge on any atom is -0.434 e. The number of benzene rings is 1. The second-order valence-electron chi connectivity index (χ2n) is 3.57. The van der Waals surface area contributed by atoms with Crippen molar-refractivity contribution in [2.45, 2.75) is 32.4 Å². The third kappa shape index (κ3) is 5.58. The minimum absolute atomic E-state index is 0.454. The fraction of sp³-hybridized carbons (Fsp3) is 0.500. The third-order valence-corrected chi connectivity index (χ3v) is 2.17. The number of halogens is 1. The van der Waals surface area contributed by atoms with Crippen LogP contribution in [-0.4, -0.2) is 20.3 Å². The lowest BCUT2D eigenvalue weighted by molar-refractivity contribution is 0.232. The number of rotatable bonds is 7. The van der Waals surface area contributed by atoms with Crippen molar-refractivity contribution in [3.63, 3.8) is 0 Å². The molecule has 1 aromatic carbocycles. The summed E-state index contributed by atoms with van der Waals surface area (Å²) in [5, 5.41) is 0. The molecule has 0 aromatic heterocycles. The van der Waals surface area contributed by atoms with Gasteiger partial charge in [0, 0.05) is 13.0 Å². The second-order valence-corrected chi connectivity index (χ2v) is 3.57. The van der Waals surface area contributed by atoms with E-state index in [0.29, 0.717) is 19.4 Å². The standard InChI is InChI=1S/C12H17BFO/c1-2-6-12(14)9-10-15-13-11-7-4-3-5-8-11/h3-5,7-8,12H,2,6,9-10H2,1H3. The summed E-state index contributed by atoms with van der Waals surface area (Å²) in [5.41, 5.74) is 1.02. The molecule has 0 aliphatic carbocycles. The number of hydrogen-bond acceptors (Lipinski definition) is 1. The Hall–Kier alpha value is -0.825. The molecular formula is C12H17BFO. The monoisotopic (exact) mass is 207 g/mol. The molecule has 81 valence electrons. The van der Waals surface area contributed by atoms with Gasteiger partial charge in [0.15, 0.2) is 0 Å². The van der Waals surface area contributed by atoms with Crippen molar-refractivity contribution in [1.29, 1.82) is 0 Å². The van der Waals surface area contributed by atoms with Crippen molar-refractivity contribution in [3.8, 4) is 0 Å². The van der Waals surface area contributed by atoms with Crippen molar-refractivity contribution in [1.82, 2.24) is 0 Å². The molecule has 0 heterocycles. The molecule has 0 fully saturated rings. The van der Waals surface area contributed by atoms with E-state index in [2.05, 4.69) is 0 Å². The highest BCUT2D eigenvalue weighted by atomic mass is 19.1. The summed E-state index contributed by atoms with van der Waals surface area (Å²) in [6, 6.07) is 9.77. The van der Waals surface area contributed by atoms with Gasteiger partial charge in [-0.3, -0.25) is 0 Å². The zero-order chi connectivity index (χ0) is 10.9. The van der Waals surface area contributed by atoms with E-state index < -0.39 is 6.17 Å². The van der Waals surface area contributed by atoms with Gasteiger partial charge in [-0.15, -0.1) is 0 Å². The summed E-state index contributed by atoms with van der Waals surface area (Å²) in [4.78, 5) is 0. The fourth-order valence-corrected chi connectivity index (χ4v) is 1.34. The van der Waals surface area contributed by atoms with Gasteiger partial charge in [0.1, 0.15) is 6.17 Å². The quantitative estimate of drug-likeness (QED) is 0.493. The molecule has 15 heavy (non-hydrogen) atoms. The van der Waals surface area contributed by atoms with Crippen molar-refractivity contribution in [2.24, 2.45) is 0 Å². The largest absolute Gasteiger partial charge is 0.434 e. The van der Waals surface area contributed by atoms with Crippen LogP contribution in [0.2, 0.25) is 0 Å². The Morgan fingerprint density at radius 2 is 2.00 bits per heavy atom. The summed E-state index contributed by atoms with van der Waals surface area (Å²) < 4.78 is 18.3. The Bertz CT molecular complexity index is 253. The maximum absolute atomic E-state index is 13.0. The molecule has 1 unspecified atom stereocenters. The van der Waals surface area contributed by atoms with Crippen LogP contribution in [0.1, 0.15) is 26.2 Å². The molecule has 0 bridgehead atoms. The van der Waals surface area contributed by atoms with E-state index >= 15 is 0 Å². The molecule has 0 N–H and O–H groups in total. The summed E-state index contributed by atoms with van der Waals surface area (Å²) >= 11 is 0. The Balaban J connectivity index is 2.07. The molecule has 0 amide bonds. The van der Waals surface area contributed by atoms with Crippen molar-refractivity contribution in [2.75, 3.05) is 6.61 Å². The van der Waals surface area contributed by atoms with Crippen LogP contribution in [0, 0.1) is 0 Å². The lowest BCUT2D eigenvalue weighted by Crippen LogP contribution is -2.18. The molecule has 1 rings (SSSR count). The Labute approximate surface area is 91.9 Å². The van der Waals surface area contributed by atoms with Gasteiger partial charge >= 0.3 is 7.48 Å². The molecular weight excluding hydrogens is 190 g/mol. The topological polar surface area (TPSA) is 9.23 Å². The van der Waals surface area contributed by atoms with E-state index in [4.69, 9.17) is 4.65 Å². The summed E-state index contributed by atoms with van der Waals surface area (Å²) in [7, 11) is 1.68. The van der Waals surface area contributed by atoms with E-state index in [9.17, 15) is 4.39 Å². The molecule has 0 saturated carbocycles. The summed E-state index contributed by atoms with van der Waals surface area (Å²) in [5.74, 6) is 0. The molecule has 0 saturated heterocycles. The van der Waals surface area contributed by atoms with E-state index in [1.807, 2.05) is 37.3 Å². The Morgan fingerprint density at radius 3 is 2.67 bits per heavy atom. The lowest BCUT2D eigenvalue weighted by Gasteiger charge is -2.06. The van der Waals surface area contributed by atoms with Crippen molar-refractivity contribution >= 4 is 12.9 Å². The van der Waals surface area contributed by atoms with Gasteiger partial charge in [-0.05, 0) is 6.42 Å². The predicted molar refractivity (Wildman–Crippen MR) is 62.2 cm³/mol. The highest BCUT2D eigenvalue weighted by molar-refractivity contribution is 6.46. The zero-order valence-electron chi connectivity index (χ0n) is 9.16. The summed E-state index contributed by atoms with van der Waals surface area (Å²) in [6.07, 6.45) is 1.29. The van der Waals surface area contributed by atoms with Gasteiger partial charge in [-0.25, -0.2) is 4.39 Å². The first-order valence-corrected chi connectivity index (χ1v) is 5.47. The van der Waals surface area contributed by atoms with E-state index in [-0.39, 0.29) is 0 Å². The van der Waals surface area contributed by atoms with Crippen LogP contribution in [0.5, 0.6) is 0 Å². The zero-order valence-corrected chi connectivity index (χ0v) is 9.16. The molecule has 1 nitrogen and oxygen atoms in total. The van der Waals surface area contributed by atoms with Gasteiger partial charge in [-0.2, -0.15) is 0 Å². The normalized spacial score (nSPS) is 12.4. The third-order valence-electron chi connectivity index (χ3n) is 2.17. The van der Waals surface area contributed by atoms with Gasteiger partial charge in [0.25, 0.3) is 0 Å². The highest BCUT2D eigenvalue weighted by Gasteiger charge is 2.04. The second kappa shape index (κ2) is 7.46. The van der Waals surface area contributed by atoms with Crippen LogP contribution in [0.15, 0.2) is 30.3 Å². The van der Waals surface area contributed by atoms with E-state index in [1.54, 1.807) is 7.48 Å². The average molecular weight is 207 g/mol. The van der Waals surface area contributed by atoms with Crippen LogP contribution >= 0.6 is 0 Å². The van der Waals surface area contributed by atoms with Crippen molar-refractivity contribution in [3.05, 3.63) is 30.3 Å².